The Hall–Kier alpha value is -1.63. The summed E-state index contributed by atoms with van der Waals surface area (Å²) >= 11 is 0. The first kappa shape index (κ1) is 16.4. The van der Waals surface area contributed by atoms with E-state index < -0.39 is 6.03 Å². The summed E-state index contributed by atoms with van der Waals surface area (Å²) in [5, 5.41) is 13.5. The number of nitrogens with zero attached hydrogens (tertiary/aromatic N) is 3. The molecule has 0 fully saturated rings. The second-order valence-electron chi connectivity index (χ2n) is 3.40. The fourth-order valence-electron chi connectivity index (χ4n) is 1.25. The maximum atomic E-state index is 10.5. The fraction of sp³-hybridized carbons (Fsp3) is 0.727. The van der Waals surface area contributed by atoms with Crippen LogP contribution in [0.15, 0.2) is 6.20 Å². The van der Waals surface area contributed by atoms with Gasteiger partial charge in [-0.3, -0.25) is 4.68 Å². The number of carbonyl (C=O) groups is 1. The molecule has 0 atom stereocenters. The van der Waals surface area contributed by atoms with Crippen LogP contribution in [0.3, 0.4) is 0 Å². The van der Waals surface area contributed by atoms with E-state index in [1.807, 2.05) is 20.0 Å². The highest BCUT2D eigenvalue weighted by molar-refractivity contribution is 5.71. The van der Waals surface area contributed by atoms with Crippen LogP contribution >= 0.6 is 0 Å². The molecule has 0 spiro atoms. The van der Waals surface area contributed by atoms with Crippen molar-refractivity contribution in [2.75, 3.05) is 13.1 Å². The summed E-state index contributed by atoms with van der Waals surface area (Å²) in [6.07, 6.45) is 2.81. The number of rotatable bonds is 7. The van der Waals surface area contributed by atoms with Crippen molar-refractivity contribution in [1.29, 1.82) is 0 Å². The normalized spacial score (nSPS) is 9.50. The second kappa shape index (κ2) is 10.5. The summed E-state index contributed by atoms with van der Waals surface area (Å²) in [6.45, 7) is 9.15. The molecule has 0 saturated carbocycles. The van der Waals surface area contributed by atoms with Crippen molar-refractivity contribution in [2.24, 2.45) is 5.73 Å². The molecule has 0 bridgehead atoms. The lowest BCUT2D eigenvalue weighted by molar-refractivity contribution is 0.248. The highest BCUT2D eigenvalue weighted by Crippen LogP contribution is 1.93. The molecule has 0 radical (unpaired) electrons. The molecule has 1 rings (SSSR count). The quantitative estimate of drug-likeness (QED) is 0.618. The van der Waals surface area contributed by atoms with Crippen LogP contribution in [-0.2, 0) is 13.1 Å². The lowest BCUT2D eigenvalue weighted by Gasteiger charge is -2.00. The number of urea groups is 1. The van der Waals surface area contributed by atoms with Gasteiger partial charge in [-0.05, 0) is 19.5 Å². The average Bonchev–Trinajstić information content (AvgIpc) is 2.83. The molecule has 0 aliphatic carbocycles. The number of nitrogens with two attached hydrogens (primary N) is 1. The molecule has 0 aromatic carbocycles. The molecule has 0 unspecified atom stereocenters. The van der Waals surface area contributed by atoms with E-state index >= 15 is 0 Å². The van der Waals surface area contributed by atoms with E-state index in [1.54, 1.807) is 4.68 Å². The summed E-state index contributed by atoms with van der Waals surface area (Å²) in [5.74, 6) is 0. The number of hydrogen-bond donors (Lipinski definition) is 3. The standard InChI is InChI=1S/C9H18N6O.C2H6/c1-2-11-4-3-5-15-7-8(13-14-15)6-12-9(10)16;1-2/h7,11H,2-6H2,1H3,(H3,10,12,16);1-2H3. The predicted octanol–water partition coefficient (Wildman–Crippen LogP) is 0.472. The number of nitrogens with one attached hydrogen (secondary N) is 2. The fourth-order valence-corrected chi connectivity index (χ4v) is 1.25. The van der Waals surface area contributed by atoms with Gasteiger partial charge in [0.25, 0.3) is 0 Å². The van der Waals surface area contributed by atoms with Crippen molar-refractivity contribution in [3.05, 3.63) is 11.9 Å². The Labute approximate surface area is 108 Å². The topological polar surface area (TPSA) is 97.9 Å². The van der Waals surface area contributed by atoms with E-state index in [0.717, 1.165) is 26.1 Å². The van der Waals surface area contributed by atoms with Crippen LogP contribution in [0.25, 0.3) is 0 Å². The highest BCUT2D eigenvalue weighted by Gasteiger charge is 2.01. The zero-order valence-electron chi connectivity index (χ0n) is 11.4. The van der Waals surface area contributed by atoms with Crippen molar-refractivity contribution in [2.45, 2.75) is 40.3 Å². The average molecular weight is 256 g/mol. The van der Waals surface area contributed by atoms with Gasteiger partial charge in [-0.1, -0.05) is 26.0 Å². The first-order valence-electron chi connectivity index (χ1n) is 6.35. The van der Waals surface area contributed by atoms with Gasteiger partial charge in [0.15, 0.2) is 0 Å². The largest absolute Gasteiger partial charge is 0.352 e. The lowest BCUT2D eigenvalue weighted by atomic mass is 10.4. The minimum Gasteiger partial charge on any atom is -0.352 e. The van der Waals surface area contributed by atoms with Gasteiger partial charge >= 0.3 is 6.03 Å². The zero-order chi connectivity index (χ0) is 13.8. The van der Waals surface area contributed by atoms with Gasteiger partial charge in [-0.15, -0.1) is 5.10 Å². The number of carbonyl (C=O) groups excluding carboxylic acids is 1. The zero-order valence-corrected chi connectivity index (χ0v) is 11.4. The van der Waals surface area contributed by atoms with Crippen molar-refractivity contribution in [3.63, 3.8) is 0 Å². The Morgan fingerprint density at radius 2 is 2.22 bits per heavy atom. The lowest BCUT2D eigenvalue weighted by Crippen LogP contribution is -2.28. The molecule has 0 aliphatic rings. The van der Waals surface area contributed by atoms with Crippen LogP contribution in [-0.4, -0.2) is 34.1 Å². The third kappa shape index (κ3) is 7.61. The van der Waals surface area contributed by atoms with Gasteiger partial charge in [0.1, 0.15) is 5.69 Å². The van der Waals surface area contributed by atoms with Crippen LogP contribution < -0.4 is 16.4 Å². The molecule has 1 aromatic rings. The second-order valence-corrected chi connectivity index (χ2v) is 3.40. The minimum atomic E-state index is -0.554. The Balaban J connectivity index is 0.00000137. The molecular weight excluding hydrogens is 232 g/mol. The molecule has 1 heterocycles. The third-order valence-corrected chi connectivity index (χ3v) is 2.02. The number of hydrogen-bond acceptors (Lipinski definition) is 4. The molecule has 7 nitrogen and oxygen atoms in total. The van der Waals surface area contributed by atoms with Crippen molar-refractivity contribution in [3.8, 4) is 0 Å². The molecule has 104 valence electrons. The molecule has 2 amide bonds. The van der Waals surface area contributed by atoms with Gasteiger partial charge in [-0.2, -0.15) is 0 Å². The third-order valence-electron chi connectivity index (χ3n) is 2.02. The minimum absolute atomic E-state index is 0.322. The first-order chi connectivity index (χ1) is 8.72. The summed E-state index contributed by atoms with van der Waals surface area (Å²) in [4.78, 5) is 10.5. The molecule has 1 aromatic heterocycles. The number of primary amides is 1. The van der Waals surface area contributed by atoms with Crippen LogP contribution in [0.4, 0.5) is 4.79 Å². The van der Waals surface area contributed by atoms with Gasteiger partial charge in [-0.25, -0.2) is 4.79 Å². The maximum Gasteiger partial charge on any atom is 0.312 e. The van der Waals surface area contributed by atoms with Crippen LogP contribution in [0.1, 0.15) is 32.9 Å². The first-order valence-corrected chi connectivity index (χ1v) is 6.35. The molecule has 0 aliphatic heterocycles. The smallest absolute Gasteiger partial charge is 0.312 e. The van der Waals surface area contributed by atoms with E-state index in [2.05, 4.69) is 27.9 Å². The SMILES string of the molecule is CC.CCNCCCn1cc(CNC(N)=O)nn1. The molecule has 0 saturated heterocycles. The Morgan fingerprint density at radius 1 is 1.50 bits per heavy atom. The van der Waals surface area contributed by atoms with E-state index in [1.165, 1.54) is 0 Å². The maximum absolute atomic E-state index is 10.5. The van der Waals surface area contributed by atoms with E-state index in [-0.39, 0.29) is 0 Å². The predicted molar refractivity (Wildman–Crippen MR) is 71.0 cm³/mol. The molecule has 7 heteroatoms. The Kier molecular flexibility index (Phi) is 9.57. The van der Waals surface area contributed by atoms with Crippen LogP contribution in [0.5, 0.6) is 0 Å². The summed E-state index contributed by atoms with van der Waals surface area (Å²) in [6, 6.07) is -0.554. The van der Waals surface area contributed by atoms with E-state index in [0.29, 0.717) is 12.2 Å². The highest BCUT2D eigenvalue weighted by atomic mass is 16.2. The monoisotopic (exact) mass is 256 g/mol. The van der Waals surface area contributed by atoms with Crippen molar-refractivity contribution < 1.29 is 4.79 Å². The number of aryl methyl sites for hydroxylation is 1. The summed E-state index contributed by atoms with van der Waals surface area (Å²) in [5.41, 5.74) is 5.66. The van der Waals surface area contributed by atoms with Gasteiger partial charge in [0.2, 0.25) is 0 Å². The van der Waals surface area contributed by atoms with Crippen molar-refractivity contribution >= 4 is 6.03 Å². The molecule has 4 N–H and O–H groups in total. The molecule has 18 heavy (non-hydrogen) atoms. The summed E-state index contributed by atoms with van der Waals surface area (Å²) in [7, 11) is 0. The van der Waals surface area contributed by atoms with E-state index in [4.69, 9.17) is 5.73 Å². The van der Waals surface area contributed by atoms with Gasteiger partial charge < -0.3 is 16.4 Å². The van der Waals surface area contributed by atoms with E-state index in [9.17, 15) is 4.79 Å². The van der Waals surface area contributed by atoms with Crippen molar-refractivity contribution in [1.82, 2.24) is 25.6 Å². The van der Waals surface area contributed by atoms with Gasteiger partial charge in [0.05, 0.1) is 12.7 Å². The summed E-state index contributed by atoms with van der Waals surface area (Å²) < 4.78 is 1.76. The Morgan fingerprint density at radius 3 is 2.83 bits per heavy atom. The molecular formula is C11H24N6O. The van der Waals surface area contributed by atoms with Crippen LogP contribution in [0.2, 0.25) is 0 Å². The van der Waals surface area contributed by atoms with Gasteiger partial charge in [0, 0.05) is 6.54 Å². The number of amides is 2. The number of aromatic nitrogens is 3. The Bertz CT molecular complexity index is 325. The van der Waals surface area contributed by atoms with Crippen LogP contribution in [0, 0.1) is 0 Å².